The second-order valence-corrected chi connectivity index (χ2v) is 3.25. The van der Waals surface area contributed by atoms with E-state index >= 15 is 0 Å². The third-order valence-corrected chi connectivity index (χ3v) is 2.26. The SMILES string of the molecule is CCC(NN)c1cc(C)c(F)cc1F. The van der Waals surface area contributed by atoms with E-state index in [1.807, 2.05) is 6.92 Å². The van der Waals surface area contributed by atoms with Crippen LogP contribution in [0.25, 0.3) is 0 Å². The van der Waals surface area contributed by atoms with Gasteiger partial charge in [0.05, 0.1) is 0 Å². The molecular formula is C10H14F2N2. The molecule has 0 radical (unpaired) electrons. The Balaban J connectivity index is 3.14. The lowest BCUT2D eigenvalue weighted by Crippen LogP contribution is -2.28. The number of hydrogen-bond donors (Lipinski definition) is 2. The number of hydrazine groups is 1. The molecule has 4 heteroatoms. The summed E-state index contributed by atoms with van der Waals surface area (Å²) in [4.78, 5) is 0. The molecule has 1 unspecified atom stereocenters. The molecule has 14 heavy (non-hydrogen) atoms. The fourth-order valence-electron chi connectivity index (χ4n) is 1.37. The van der Waals surface area contributed by atoms with E-state index in [0.29, 0.717) is 17.5 Å². The predicted molar refractivity (Wildman–Crippen MR) is 51.5 cm³/mol. The number of rotatable bonds is 3. The van der Waals surface area contributed by atoms with Crippen LogP contribution < -0.4 is 11.3 Å². The molecule has 0 heterocycles. The van der Waals surface area contributed by atoms with Crippen molar-refractivity contribution in [2.45, 2.75) is 26.3 Å². The van der Waals surface area contributed by atoms with Gasteiger partial charge in [0, 0.05) is 17.7 Å². The maximum atomic E-state index is 13.3. The Morgan fingerprint density at radius 3 is 2.50 bits per heavy atom. The van der Waals surface area contributed by atoms with E-state index in [2.05, 4.69) is 5.43 Å². The molecule has 0 spiro atoms. The van der Waals surface area contributed by atoms with Gasteiger partial charge >= 0.3 is 0 Å². The highest BCUT2D eigenvalue weighted by Gasteiger charge is 2.14. The maximum absolute atomic E-state index is 13.3. The molecule has 0 fully saturated rings. The van der Waals surface area contributed by atoms with Crippen LogP contribution >= 0.6 is 0 Å². The number of hydrogen-bond acceptors (Lipinski definition) is 2. The Morgan fingerprint density at radius 1 is 1.36 bits per heavy atom. The lowest BCUT2D eigenvalue weighted by atomic mass is 10.0. The topological polar surface area (TPSA) is 38.0 Å². The number of nitrogens with two attached hydrogens (primary N) is 1. The fraction of sp³-hybridized carbons (Fsp3) is 0.400. The van der Waals surface area contributed by atoms with Gasteiger partial charge in [-0.05, 0) is 25.0 Å². The monoisotopic (exact) mass is 200 g/mol. The first-order valence-corrected chi connectivity index (χ1v) is 4.51. The summed E-state index contributed by atoms with van der Waals surface area (Å²) in [5.41, 5.74) is 3.33. The summed E-state index contributed by atoms with van der Waals surface area (Å²) in [6, 6.07) is 2.11. The van der Waals surface area contributed by atoms with Crippen LogP contribution in [0.1, 0.15) is 30.5 Å². The van der Waals surface area contributed by atoms with Gasteiger partial charge in [0.15, 0.2) is 0 Å². The van der Waals surface area contributed by atoms with E-state index in [4.69, 9.17) is 5.84 Å². The van der Waals surface area contributed by atoms with Gasteiger partial charge in [0.2, 0.25) is 0 Å². The summed E-state index contributed by atoms with van der Waals surface area (Å²) in [5.74, 6) is 4.17. The number of benzene rings is 1. The van der Waals surface area contributed by atoms with Crippen LogP contribution in [0.2, 0.25) is 0 Å². The van der Waals surface area contributed by atoms with E-state index in [1.54, 1.807) is 6.92 Å². The van der Waals surface area contributed by atoms with Crippen molar-refractivity contribution >= 4 is 0 Å². The largest absolute Gasteiger partial charge is 0.271 e. The first-order valence-electron chi connectivity index (χ1n) is 4.51. The molecule has 0 amide bonds. The van der Waals surface area contributed by atoms with Crippen molar-refractivity contribution in [3.63, 3.8) is 0 Å². The average molecular weight is 200 g/mol. The Hall–Kier alpha value is -1.00. The second-order valence-electron chi connectivity index (χ2n) is 3.25. The van der Waals surface area contributed by atoms with Gasteiger partial charge in [-0.3, -0.25) is 11.3 Å². The maximum Gasteiger partial charge on any atom is 0.130 e. The van der Waals surface area contributed by atoms with E-state index in [0.717, 1.165) is 6.07 Å². The minimum atomic E-state index is -0.557. The van der Waals surface area contributed by atoms with Crippen LogP contribution in [-0.2, 0) is 0 Å². The zero-order valence-corrected chi connectivity index (χ0v) is 8.27. The standard InChI is InChI=1S/C10H14F2N2/c1-3-10(14-13)7-4-6(2)8(11)5-9(7)12/h4-5,10,14H,3,13H2,1-2H3. The molecule has 78 valence electrons. The third kappa shape index (κ3) is 2.08. The first kappa shape index (κ1) is 11.1. The zero-order valence-electron chi connectivity index (χ0n) is 8.27. The van der Waals surface area contributed by atoms with Crippen molar-refractivity contribution in [1.29, 1.82) is 0 Å². The van der Waals surface area contributed by atoms with Gasteiger partial charge < -0.3 is 0 Å². The number of aryl methyl sites for hydroxylation is 1. The second kappa shape index (κ2) is 4.48. The number of halogens is 2. The summed E-state index contributed by atoms with van der Waals surface area (Å²) >= 11 is 0. The highest BCUT2D eigenvalue weighted by molar-refractivity contribution is 5.28. The zero-order chi connectivity index (χ0) is 10.7. The first-order chi connectivity index (χ1) is 6.60. The summed E-state index contributed by atoms with van der Waals surface area (Å²) in [5, 5.41) is 0. The lowest BCUT2D eigenvalue weighted by Gasteiger charge is -2.15. The quantitative estimate of drug-likeness (QED) is 0.579. The van der Waals surface area contributed by atoms with Crippen molar-refractivity contribution in [3.8, 4) is 0 Å². The van der Waals surface area contributed by atoms with Gasteiger partial charge in [0.1, 0.15) is 11.6 Å². The Kier molecular flexibility index (Phi) is 3.55. The van der Waals surface area contributed by atoms with Gasteiger partial charge in [-0.1, -0.05) is 6.92 Å². The molecule has 0 aliphatic carbocycles. The molecule has 1 aromatic carbocycles. The van der Waals surface area contributed by atoms with Gasteiger partial charge in [-0.2, -0.15) is 0 Å². The third-order valence-electron chi connectivity index (χ3n) is 2.26. The summed E-state index contributed by atoms with van der Waals surface area (Å²) < 4.78 is 26.3. The molecule has 1 rings (SSSR count). The summed E-state index contributed by atoms with van der Waals surface area (Å²) in [6.45, 7) is 3.48. The molecule has 0 aliphatic heterocycles. The molecule has 3 N–H and O–H groups in total. The minimum absolute atomic E-state index is 0.269. The van der Waals surface area contributed by atoms with Crippen LogP contribution in [0.4, 0.5) is 8.78 Å². The molecule has 0 saturated heterocycles. The van der Waals surface area contributed by atoms with E-state index in [1.165, 1.54) is 6.07 Å². The molecule has 1 atom stereocenters. The van der Waals surface area contributed by atoms with Crippen LogP contribution in [0.15, 0.2) is 12.1 Å². The smallest absolute Gasteiger partial charge is 0.130 e. The summed E-state index contributed by atoms with van der Waals surface area (Å²) in [6.07, 6.45) is 0.651. The van der Waals surface area contributed by atoms with Crippen LogP contribution in [0.3, 0.4) is 0 Å². The van der Waals surface area contributed by atoms with Crippen molar-refractivity contribution in [2.24, 2.45) is 5.84 Å². The molecule has 0 saturated carbocycles. The highest BCUT2D eigenvalue weighted by Crippen LogP contribution is 2.22. The Bertz CT molecular complexity index is 322. The van der Waals surface area contributed by atoms with Crippen molar-refractivity contribution in [1.82, 2.24) is 5.43 Å². The minimum Gasteiger partial charge on any atom is -0.271 e. The Morgan fingerprint density at radius 2 is 2.00 bits per heavy atom. The molecule has 0 aromatic heterocycles. The highest BCUT2D eigenvalue weighted by atomic mass is 19.1. The molecule has 0 aliphatic rings. The predicted octanol–water partition coefficient (Wildman–Crippen LogP) is 2.19. The average Bonchev–Trinajstić information content (AvgIpc) is 2.15. The van der Waals surface area contributed by atoms with Crippen molar-refractivity contribution < 1.29 is 8.78 Å². The molecule has 2 nitrogen and oxygen atoms in total. The van der Waals surface area contributed by atoms with E-state index in [9.17, 15) is 8.78 Å². The fourth-order valence-corrected chi connectivity index (χ4v) is 1.37. The molecule has 0 bridgehead atoms. The van der Waals surface area contributed by atoms with Crippen LogP contribution in [0.5, 0.6) is 0 Å². The van der Waals surface area contributed by atoms with Crippen molar-refractivity contribution in [2.75, 3.05) is 0 Å². The normalized spacial score (nSPS) is 12.9. The van der Waals surface area contributed by atoms with Gasteiger partial charge in [-0.15, -0.1) is 0 Å². The van der Waals surface area contributed by atoms with Gasteiger partial charge in [0.25, 0.3) is 0 Å². The summed E-state index contributed by atoms with van der Waals surface area (Å²) in [7, 11) is 0. The molecule has 1 aromatic rings. The lowest BCUT2D eigenvalue weighted by molar-refractivity contribution is 0.493. The van der Waals surface area contributed by atoms with Crippen molar-refractivity contribution in [3.05, 3.63) is 34.9 Å². The Labute approximate surface area is 82.1 Å². The van der Waals surface area contributed by atoms with E-state index in [-0.39, 0.29) is 6.04 Å². The molecular weight excluding hydrogens is 186 g/mol. The van der Waals surface area contributed by atoms with E-state index < -0.39 is 11.6 Å². The van der Waals surface area contributed by atoms with Crippen LogP contribution in [-0.4, -0.2) is 0 Å². The van der Waals surface area contributed by atoms with Crippen LogP contribution in [0, 0.1) is 18.6 Å². The van der Waals surface area contributed by atoms with Gasteiger partial charge in [-0.25, -0.2) is 8.78 Å². The number of nitrogens with one attached hydrogen (secondary N) is 1.